The lowest BCUT2D eigenvalue weighted by Gasteiger charge is -2.27. The number of benzene rings is 11. The fourth-order valence-electron chi connectivity index (χ4n) is 9.98. The normalized spacial score (nSPS) is 11.3. The molecule has 11 aromatic carbocycles. The van der Waals surface area contributed by atoms with Gasteiger partial charge in [0, 0.05) is 33.5 Å². The van der Waals surface area contributed by atoms with Crippen LogP contribution in [-0.2, 0) is 0 Å². The van der Waals surface area contributed by atoms with Gasteiger partial charge in [0.1, 0.15) is 0 Å². The van der Waals surface area contributed by atoms with Crippen LogP contribution in [0.1, 0.15) is 0 Å². The molecule has 0 bridgehead atoms. The summed E-state index contributed by atoms with van der Waals surface area (Å²) in [5.41, 5.74) is 18.8. The van der Waals surface area contributed by atoms with Gasteiger partial charge in [-0.25, -0.2) is 0 Å². The van der Waals surface area contributed by atoms with Gasteiger partial charge in [-0.3, -0.25) is 0 Å². The first kappa shape index (κ1) is 38.9. The molecule has 12 aromatic rings. The number of anilines is 3. The van der Waals surface area contributed by atoms with E-state index in [0.29, 0.717) is 0 Å². The highest BCUT2D eigenvalue weighted by molar-refractivity contribution is 6.23. The molecule has 1 heterocycles. The van der Waals surface area contributed by atoms with Gasteiger partial charge in [-0.2, -0.15) is 0 Å². The zero-order valence-corrected chi connectivity index (χ0v) is 36.3. The maximum Gasteiger partial charge on any atom is 0.0553 e. The minimum Gasteiger partial charge on any atom is -0.310 e. The van der Waals surface area contributed by atoms with Crippen LogP contribution in [0.5, 0.6) is 0 Å². The molecular weight excluding hydrogens is 797 g/mol. The first-order valence-electron chi connectivity index (χ1n) is 22.7. The van der Waals surface area contributed by atoms with Crippen molar-refractivity contribution >= 4 is 49.6 Å². The molecule has 0 aliphatic heterocycles. The predicted octanol–water partition coefficient (Wildman–Crippen LogP) is 17.7. The topological polar surface area (TPSA) is 8.17 Å². The van der Waals surface area contributed by atoms with E-state index < -0.39 is 0 Å². The van der Waals surface area contributed by atoms with E-state index in [0.717, 1.165) is 28.3 Å². The summed E-state index contributed by atoms with van der Waals surface area (Å²) in [6.07, 6.45) is 0. The van der Waals surface area contributed by atoms with Crippen LogP contribution in [0, 0.1) is 0 Å². The van der Waals surface area contributed by atoms with E-state index in [4.69, 9.17) is 0 Å². The molecule has 0 saturated carbocycles. The molecule has 1 aromatic heterocycles. The molecule has 0 radical (unpaired) electrons. The quantitative estimate of drug-likeness (QED) is 0.141. The van der Waals surface area contributed by atoms with Crippen LogP contribution in [0.3, 0.4) is 0 Å². The lowest BCUT2D eigenvalue weighted by atomic mass is 9.92. The van der Waals surface area contributed by atoms with Gasteiger partial charge in [-0.15, -0.1) is 0 Å². The summed E-state index contributed by atoms with van der Waals surface area (Å²) in [5, 5.41) is 4.92. The second-order valence-electron chi connectivity index (χ2n) is 16.9. The zero-order valence-electron chi connectivity index (χ0n) is 36.3. The summed E-state index contributed by atoms with van der Waals surface area (Å²) in [5.74, 6) is 0. The van der Waals surface area contributed by atoms with Crippen molar-refractivity contribution in [2.45, 2.75) is 0 Å². The van der Waals surface area contributed by atoms with Crippen LogP contribution < -0.4 is 4.90 Å². The van der Waals surface area contributed by atoms with Crippen molar-refractivity contribution in [3.05, 3.63) is 267 Å². The Morgan fingerprint density at radius 2 is 0.712 bits per heavy atom. The van der Waals surface area contributed by atoms with E-state index in [-0.39, 0.29) is 0 Å². The largest absolute Gasteiger partial charge is 0.310 e. The molecule has 0 amide bonds. The minimum atomic E-state index is 1.08. The number of hydrogen-bond donors (Lipinski definition) is 0. The van der Waals surface area contributed by atoms with Crippen molar-refractivity contribution in [2.75, 3.05) is 4.90 Å². The Balaban J connectivity index is 1.04. The fourth-order valence-corrected chi connectivity index (χ4v) is 9.98. The number of para-hydroxylation sites is 2. The van der Waals surface area contributed by atoms with E-state index >= 15 is 0 Å². The molecule has 0 aliphatic carbocycles. The van der Waals surface area contributed by atoms with Crippen LogP contribution in [0.25, 0.3) is 93.9 Å². The van der Waals surface area contributed by atoms with Crippen molar-refractivity contribution in [2.24, 2.45) is 0 Å². The SMILES string of the molecule is c1ccc(-c2ccccc2-c2ccc(N(c3ccc(-c4ccccc4-c4ccccc4)cc3)c3cccc(-c4c5ccccc5cc5c4c4ccccc4n5-c4ccccc4)c3)cc2)cc1. The van der Waals surface area contributed by atoms with Crippen molar-refractivity contribution in [3.63, 3.8) is 0 Å². The third kappa shape index (κ3) is 6.93. The molecular formula is C64H44N2. The van der Waals surface area contributed by atoms with Gasteiger partial charge >= 0.3 is 0 Å². The van der Waals surface area contributed by atoms with Crippen molar-refractivity contribution in [1.29, 1.82) is 0 Å². The molecule has 0 atom stereocenters. The van der Waals surface area contributed by atoms with Crippen molar-refractivity contribution in [1.82, 2.24) is 4.57 Å². The average molecular weight is 841 g/mol. The summed E-state index contributed by atoms with van der Waals surface area (Å²) in [6.45, 7) is 0. The predicted molar refractivity (Wildman–Crippen MR) is 280 cm³/mol. The Hall–Kier alpha value is -8.72. The highest BCUT2D eigenvalue weighted by atomic mass is 15.1. The van der Waals surface area contributed by atoms with Crippen LogP contribution in [-0.4, -0.2) is 4.57 Å². The standard InChI is InChI=1S/C64H44N2/c1-4-19-45(20-5-1)55-28-12-14-30-57(55)47-35-39-52(40-36-47)65(53-41-37-48(38-42-53)58-31-15-13-29-56(58)46-21-6-2-7-22-46)54-27-18-24-50(43-54)63-59-32-11-10-23-49(59)44-62-64(63)60-33-16-17-34-61(60)66(62)51-25-8-3-9-26-51/h1-44H. The number of aromatic nitrogens is 1. The summed E-state index contributed by atoms with van der Waals surface area (Å²) in [4.78, 5) is 2.40. The summed E-state index contributed by atoms with van der Waals surface area (Å²) < 4.78 is 2.42. The number of hydrogen-bond acceptors (Lipinski definition) is 1. The Morgan fingerprint density at radius 3 is 1.27 bits per heavy atom. The molecule has 2 heteroatoms. The molecule has 0 spiro atoms. The molecule has 66 heavy (non-hydrogen) atoms. The first-order chi connectivity index (χ1) is 32.8. The molecule has 0 aliphatic rings. The third-order valence-electron chi connectivity index (χ3n) is 13.0. The van der Waals surface area contributed by atoms with Crippen molar-refractivity contribution in [3.8, 4) is 61.3 Å². The molecule has 0 fully saturated rings. The van der Waals surface area contributed by atoms with E-state index in [1.54, 1.807) is 0 Å². The molecule has 310 valence electrons. The average Bonchev–Trinajstić information content (AvgIpc) is 3.73. The first-order valence-corrected chi connectivity index (χ1v) is 22.7. The second kappa shape index (κ2) is 16.8. The maximum atomic E-state index is 2.42. The van der Waals surface area contributed by atoms with Gasteiger partial charge in [0.2, 0.25) is 0 Å². The monoisotopic (exact) mass is 840 g/mol. The Kier molecular flexibility index (Phi) is 9.89. The number of fused-ring (bicyclic) bond motifs is 4. The molecule has 0 unspecified atom stereocenters. The van der Waals surface area contributed by atoms with E-state index in [2.05, 4.69) is 276 Å². The summed E-state index contributed by atoms with van der Waals surface area (Å²) >= 11 is 0. The Labute approximate surface area is 385 Å². The minimum absolute atomic E-state index is 1.08. The highest BCUT2D eigenvalue weighted by Gasteiger charge is 2.21. The third-order valence-corrected chi connectivity index (χ3v) is 13.0. The van der Waals surface area contributed by atoms with E-state index in [1.807, 2.05) is 0 Å². The van der Waals surface area contributed by atoms with Gasteiger partial charge in [0.05, 0.1) is 11.0 Å². The molecule has 12 rings (SSSR count). The van der Waals surface area contributed by atoms with Gasteiger partial charge < -0.3 is 9.47 Å². The van der Waals surface area contributed by atoms with E-state index in [1.165, 1.54) is 82.6 Å². The molecule has 2 nitrogen and oxygen atoms in total. The van der Waals surface area contributed by atoms with Crippen LogP contribution >= 0.6 is 0 Å². The number of rotatable bonds is 9. The lowest BCUT2D eigenvalue weighted by molar-refractivity contribution is 1.18. The smallest absolute Gasteiger partial charge is 0.0553 e. The summed E-state index contributed by atoms with van der Waals surface area (Å²) in [6, 6.07) is 96.8. The van der Waals surface area contributed by atoms with Gasteiger partial charge in [-0.05, 0) is 127 Å². The zero-order chi connectivity index (χ0) is 43.8. The number of nitrogens with zero attached hydrogens (tertiary/aromatic N) is 2. The molecule has 0 N–H and O–H groups in total. The Bertz CT molecular complexity index is 3540. The lowest BCUT2D eigenvalue weighted by Crippen LogP contribution is -2.10. The van der Waals surface area contributed by atoms with Crippen molar-refractivity contribution < 1.29 is 0 Å². The highest BCUT2D eigenvalue weighted by Crippen LogP contribution is 2.46. The van der Waals surface area contributed by atoms with Gasteiger partial charge in [0.25, 0.3) is 0 Å². The van der Waals surface area contributed by atoms with E-state index in [9.17, 15) is 0 Å². The van der Waals surface area contributed by atoms with Crippen LogP contribution in [0.4, 0.5) is 17.1 Å². The van der Waals surface area contributed by atoms with Gasteiger partial charge in [-0.1, -0.05) is 206 Å². The van der Waals surface area contributed by atoms with Gasteiger partial charge in [0.15, 0.2) is 0 Å². The van der Waals surface area contributed by atoms with Crippen LogP contribution in [0.2, 0.25) is 0 Å². The maximum absolute atomic E-state index is 2.42. The Morgan fingerprint density at radius 1 is 0.273 bits per heavy atom. The summed E-state index contributed by atoms with van der Waals surface area (Å²) in [7, 11) is 0. The molecule has 0 saturated heterocycles. The fraction of sp³-hybridized carbons (Fsp3) is 0. The van der Waals surface area contributed by atoms with Crippen LogP contribution in [0.15, 0.2) is 267 Å². The second-order valence-corrected chi connectivity index (χ2v) is 16.9.